The minimum atomic E-state index is 0.0667. The Kier molecular flexibility index (Phi) is 4.75. The second-order valence-electron chi connectivity index (χ2n) is 3.96. The highest BCUT2D eigenvalue weighted by atomic mass is 32.2. The van der Waals surface area contributed by atoms with Crippen LogP contribution in [0.25, 0.3) is 0 Å². The molecule has 0 saturated carbocycles. The summed E-state index contributed by atoms with van der Waals surface area (Å²) in [6.07, 6.45) is 3.02. The summed E-state index contributed by atoms with van der Waals surface area (Å²) in [5.41, 5.74) is 0. The van der Waals surface area contributed by atoms with Gasteiger partial charge in [0.1, 0.15) is 0 Å². The molecular weight excluding hydrogens is 196 g/mol. The first-order valence-corrected chi connectivity index (χ1v) is 6.47. The maximum Gasteiger partial charge on any atom is 0.233 e. The predicted octanol–water partition coefficient (Wildman–Crippen LogP) is 0.852. The third-order valence-corrected chi connectivity index (χ3v) is 3.76. The van der Waals surface area contributed by atoms with E-state index in [9.17, 15) is 4.79 Å². The third kappa shape index (κ3) is 3.17. The Morgan fingerprint density at radius 3 is 2.93 bits per heavy atom. The molecule has 0 spiro atoms. The molecule has 1 aliphatic rings. The van der Waals surface area contributed by atoms with Crippen molar-refractivity contribution >= 4 is 17.7 Å². The maximum absolute atomic E-state index is 11.6. The van der Waals surface area contributed by atoms with Crippen LogP contribution in [0.5, 0.6) is 0 Å². The molecule has 0 bridgehead atoms. The van der Waals surface area contributed by atoms with Crippen LogP contribution in [-0.4, -0.2) is 36.5 Å². The highest BCUT2D eigenvalue weighted by Gasteiger charge is 2.24. The molecule has 14 heavy (non-hydrogen) atoms. The summed E-state index contributed by atoms with van der Waals surface area (Å²) in [4.78, 5) is 11.6. The zero-order chi connectivity index (χ0) is 10.6. The number of carbonyl (C=O) groups excluding carboxylic acids is 1. The van der Waals surface area contributed by atoms with Crippen molar-refractivity contribution in [2.24, 2.45) is 5.92 Å². The van der Waals surface area contributed by atoms with E-state index >= 15 is 0 Å². The Hall–Kier alpha value is -0.220. The normalized spacial score (nSPS) is 29.6. The second-order valence-corrected chi connectivity index (χ2v) is 5.14. The van der Waals surface area contributed by atoms with Gasteiger partial charge in [-0.2, -0.15) is 11.8 Å². The number of hydrogen-bond donors (Lipinski definition) is 2. The first-order chi connectivity index (χ1) is 6.65. The third-order valence-electron chi connectivity index (χ3n) is 2.84. The zero-order valence-electron chi connectivity index (χ0n) is 9.17. The van der Waals surface area contributed by atoms with Gasteiger partial charge in [0.15, 0.2) is 0 Å². The van der Waals surface area contributed by atoms with Gasteiger partial charge in [0.2, 0.25) is 5.91 Å². The molecule has 82 valence electrons. The van der Waals surface area contributed by atoms with E-state index < -0.39 is 0 Å². The Morgan fingerprint density at radius 2 is 2.36 bits per heavy atom. The molecule has 4 heteroatoms. The van der Waals surface area contributed by atoms with Crippen molar-refractivity contribution in [1.82, 2.24) is 10.6 Å². The van der Waals surface area contributed by atoms with E-state index in [1.807, 2.05) is 13.2 Å². The first kappa shape index (κ1) is 11.9. The van der Waals surface area contributed by atoms with Crippen molar-refractivity contribution in [3.05, 3.63) is 0 Å². The van der Waals surface area contributed by atoms with Crippen LogP contribution in [-0.2, 0) is 4.79 Å². The standard InChI is InChI=1S/C10H20N2OS/c1-7-6-11-5-4-9(7)12-10(13)8(2)14-3/h7-9,11H,4-6H2,1-3H3,(H,12,13). The Morgan fingerprint density at radius 1 is 1.64 bits per heavy atom. The van der Waals surface area contributed by atoms with E-state index in [1.54, 1.807) is 11.8 Å². The lowest BCUT2D eigenvalue weighted by Crippen LogP contribution is -2.50. The fraction of sp³-hybridized carbons (Fsp3) is 0.900. The van der Waals surface area contributed by atoms with Crippen molar-refractivity contribution < 1.29 is 4.79 Å². The first-order valence-electron chi connectivity index (χ1n) is 5.19. The highest BCUT2D eigenvalue weighted by Crippen LogP contribution is 2.12. The van der Waals surface area contributed by atoms with Gasteiger partial charge in [-0.25, -0.2) is 0 Å². The highest BCUT2D eigenvalue weighted by molar-refractivity contribution is 7.99. The van der Waals surface area contributed by atoms with E-state index in [2.05, 4.69) is 17.6 Å². The zero-order valence-corrected chi connectivity index (χ0v) is 9.99. The molecule has 0 radical (unpaired) electrons. The molecule has 0 aromatic rings. The second kappa shape index (κ2) is 5.61. The lowest BCUT2D eigenvalue weighted by molar-refractivity contribution is -0.121. The van der Waals surface area contributed by atoms with Gasteiger partial charge in [-0.3, -0.25) is 4.79 Å². The van der Waals surface area contributed by atoms with Gasteiger partial charge >= 0.3 is 0 Å². The minimum Gasteiger partial charge on any atom is -0.352 e. The average molecular weight is 216 g/mol. The average Bonchev–Trinajstić information content (AvgIpc) is 2.20. The van der Waals surface area contributed by atoms with Crippen LogP contribution in [0, 0.1) is 5.92 Å². The molecular formula is C10H20N2OS. The fourth-order valence-corrected chi connectivity index (χ4v) is 1.92. The SMILES string of the molecule is CSC(C)C(=O)NC1CCNCC1C. The fourth-order valence-electron chi connectivity index (χ4n) is 1.64. The van der Waals surface area contributed by atoms with Gasteiger partial charge in [-0.15, -0.1) is 0 Å². The summed E-state index contributed by atoms with van der Waals surface area (Å²) in [6, 6.07) is 0.360. The molecule has 1 amide bonds. The summed E-state index contributed by atoms with van der Waals surface area (Å²) in [5.74, 6) is 0.720. The number of hydrogen-bond acceptors (Lipinski definition) is 3. The number of rotatable bonds is 3. The van der Waals surface area contributed by atoms with E-state index in [-0.39, 0.29) is 11.2 Å². The Balaban J connectivity index is 2.38. The molecule has 3 atom stereocenters. The van der Waals surface area contributed by atoms with E-state index in [0.717, 1.165) is 19.5 Å². The van der Waals surface area contributed by atoms with Crippen molar-refractivity contribution in [3.63, 3.8) is 0 Å². The number of nitrogens with one attached hydrogen (secondary N) is 2. The van der Waals surface area contributed by atoms with Crippen molar-refractivity contribution in [1.29, 1.82) is 0 Å². The van der Waals surface area contributed by atoms with Crippen LogP contribution in [0.15, 0.2) is 0 Å². The Labute approximate surface area is 90.4 Å². The molecule has 2 N–H and O–H groups in total. The van der Waals surface area contributed by atoms with E-state index in [1.165, 1.54) is 0 Å². The van der Waals surface area contributed by atoms with Crippen LogP contribution in [0.2, 0.25) is 0 Å². The predicted molar refractivity (Wildman–Crippen MR) is 61.6 cm³/mol. The smallest absolute Gasteiger partial charge is 0.233 e. The summed E-state index contributed by atoms with van der Waals surface area (Å²) in [5, 5.41) is 6.51. The van der Waals surface area contributed by atoms with E-state index in [4.69, 9.17) is 0 Å². The van der Waals surface area contributed by atoms with Crippen LogP contribution in [0.1, 0.15) is 20.3 Å². The number of piperidine rings is 1. The number of amides is 1. The van der Waals surface area contributed by atoms with Crippen LogP contribution in [0.4, 0.5) is 0 Å². The van der Waals surface area contributed by atoms with Gasteiger partial charge in [0.25, 0.3) is 0 Å². The molecule has 1 heterocycles. The molecule has 0 aromatic carbocycles. The lowest BCUT2D eigenvalue weighted by Gasteiger charge is -2.30. The quantitative estimate of drug-likeness (QED) is 0.735. The van der Waals surface area contributed by atoms with Crippen molar-refractivity contribution in [2.75, 3.05) is 19.3 Å². The van der Waals surface area contributed by atoms with Gasteiger partial charge in [-0.05, 0) is 38.6 Å². The molecule has 3 unspecified atom stereocenters. The topological polar surface area (TPSA) is 41.1 Å². The lowest BCUT2D eigenvalue weighted by atomic mass is 9.95. The largest absolute Gasteiger partial charge is 0.352 e. The molecule has 1 aliphatic heterocycles. The Bertz CT molecular complexity index is 199. The summed E-state index contributed by atoms with van der Waals surface area (Å²) >= 11 is 1.60. The van der Waals surface area contributed by atoms with Gasteiger partial charge in [-0.1, -0.05) is 6.92 Å². The van der Waals surface area contributed by atoms with Gasteiger partial charge in [0, 0.05) is 6.04 Å². The van der Waals surface area contributed by atoms with Crippen LogP contribution < -0.4 is 10.6 Å². The molecule has 0 aromatic heterocycles. The molecule has 3 nitrogen and oxygen atoms in total. The summed E-state index contributed by atoms with van der Waals surface area (Å²) in [7, 11) is 0. The van der Waals surface area contributed by atoms with Crippen LogP contribution >= 0.6 is 11.8 Å². The van der Waals surface area contributed by atoms with Gasteiger partial charge < -0.3 is 10.6 Å². The van der Waals surface area contributed by atoms with Gasteiger partial charge in [0.05, 0.1) is 5.25 Å². The monoisotopic (exact) mass is 216 g/mol. The molecule has 1 saturated heterocycles. The minimum absolute atomic E-state index is 0.0667. The number of thioether (sulfide) groups is 1. The molecule has 1 rings (SSSR count). The molecule has 1 fully saturated rings. The van der Waals surface area contributed by atoms with Crippen LogP contribution in [0.3, 0.4) is 0 Å². The van der Waals surface area contributed by atoms with Crippen molar-refractivity contribution in [3.8, 4) is 0 Å². The summed E-state index contributed by atoms with van der Waals surface area (Å²) in [6.45, 7) is 6.16. The summed E-state index contributed by atoms with van der Waals surface area (Å²) < 4.78 is 0. The number of carbonyl (C=O) groups is 1. The van der Waals surface area contributed by atoms with Crippen molar-refractivity contribution in [2.45, 2.75) is 31.6 Å². The van der Waals surface area contributed by atoms with E-state index in [0.29, 0.717) is 12.0 Å². The molecule has 0 aliphatic carbocycles. The maximum atomic E-state index is 11.6.